The average molecular weight is 265 g/mol. The first-order valence-corrected chi connectivity index (χ1v) is 6.68. The number of nitrogens with one attached hydrogen (secondary N) is 1. The van der Waals surface area contributed by atoms with Crippen molar-refractivity contribution in [3.8, 4) is 5.75 Å². The number of esters is 1. The number of hydrogen-bond acceptors (Lipinski definition) is 4. The van der Waals surface area contributed by atoms with Crippen molar-refractivity contribution in [2.75, 3.05) is 6.61 Å². The second-order valence-corrected chi connectivity index (χ2v) is 4.67. The van der Waals surface area contributed by atoms with Gasteiger partial charge < -0.3 is 14.8 Å². The van der Waals surface area contributed by atoms with Crippen LogP contribution in [0.25, 0.3) is 0 Å². The fourth-order valence-electron chi connectivity index (χ4n) is 1.62. The maximum Gasteiger partial charge on any atom is 0.322 e. The van der Waals surface area contributed by atoms with Crippen molar-refractivity contribution in [3.63, 3.8) is 0 Å². The summed E-state index contributed by atoms with van der Waals surface area (Å²) in [6, 6.07) is 7.54. The monoisotopic (exact) mass is 265 g/mol. The van der Waals surface area contributed by atoms with Crippen molar-refractivity contribution in [1.29, 1.82) is 0 Å². The highest BCUT2D eigenvalue weighted by atomic mass is 16.5. The Morgan fingerprint density at radius 1 is 1.32 bits per heavy atom. The van der Waals surface area contributed by atoms with Crippen LogP contribution in [-0.2, 0) is 16.1 Å². The first-order valence-electron chi connectivity index (χ1n) is 6.68. The molecule has 1 atom stereocenters. The molecule has 0 radical (unpaired) electrons. The molecule has 0 aliphatic rings. The minimum Gasteiger partial charge on any atom is -0.491 e. The van der Waals surface area contributed by atoms with E-state index in [2.05, 4.69) is 5.32 Å². The van der Waals surface area contributed by atoms with Crippen molar-refractivity contribution in [2.45, 2.75) is 46.4 Å². The highest BCUT2D eigenvalue weighted by Crippen LogP contribution is 2.14. The summed E-state index contributed by atoms with van der Waals surface area (Å²) in [5.74, 6) is 0.621. The van der Waals surface area contributed by atoms with Gasteiger partial charge in [-0.2, -0.15) is 0 Å². The summed E-state index contributed by atoms with van der Waals surface area (Å²) in [4.78, 5) is 11.5. The van der Waals surface area contributed by atoms with Gasteiger partial charge in [0.1, 0.15) is 11.8 Å². The Kier molecular flexibility index (Phi) is 6.36. The summed E-state index contributed by atoms with van der Waals surface area (Å²) in [5.41, 5.74) is 1.08. The Balaban J connectivity index is 2.51. The molecule has 1 rings (SSSR count). The van der Waals surface area contributed by atoms with Gasteiger partial charge in [0.05, 0.1) is 12.7 Å². The molecule has 4 heteroatoms. The number of rotatable bonds is 7. The van der Waals surface area contributed by atoms with Crippen LogP contribution >= 0.6 is 0 Å². The largest absolute Gasteiger partial charge is 0.491 e. The third-order valence-electron chi connectivity index (χ3n) is 2.52. The molecule has 0 amide bonds. The second kappa shape index (κ2) is 7.79. The van der Waals surface area contributed by atoms with Gasteiger partial charge >= 0.3 is 5.97 Å². The highest BCUT2D eigenvalue weighted by Gasteiger charge is 2.12. The Labute approximate surface area is 115 Å². The number of hydrogen-bond donors (Lipinski definition) is 1. The smallest absolute Gasteiger partial charge is 0.322 e. The Morgan fingerprint density at radius 3 is 2.68 bits per heavy atom. The van der Waals surface area contributed by atoms with E-state index >= 15 is 0 Å². The molecule has 1 aromatic rings. The number of carbonyl (C=O) groups is 1. The quantitative estimate of drug-likeness (QED) is 0.770. The molecule has 0 aliphatic heterocycles. The van der Waals surface area contributed by atoms with Crippen LogP contribution in [0.1, 0.15) is 33.3 Å². The van der Waals surface area contributed by atoms with Crippen molar-refractivity contribution >= 4 is 5.97 Å². The van der Waals surface area contributed by atoms with Gasteiger partial charge in [0.15, 0.2) is 0 Å². The Bertz CT molecular complexity index is 404. The molecular weight excluding hydrogens is 242 g/mol. The summed E-state index contributed by atoms with van der Waals surface area (Å²) < 4.78 is 10.6. The van der Waals surface area contributed by atoms with Crippen molar-refractivity contribution in [2.24, 2.45) is 0 Å². The molecule has 0 aromatic heterocycles. The summed E-state index contributed by atoms with van der Waals surface area (Å²) in [6.07, 6.45) is 0.154. The van der Waals surface area contributed by atoms with Crippen LogP contribution in [0.5, 0.6) is 5.75 Å². The molecule has 0 spiro atoms. The van der Waals surface area contributed by atoms with Crippen LogP contribution in [0.2, 0.25) is 0 Å². The van der Waals surface area contributed by atoms with Crippen molar-refractivity contribution < 1.29 is 14.3 Å². The molecular formula is C15H23NO3. The lowest BCUT2D eigenvalue weighted by molar-refractivity contribution is -0.145. The predicted molar refractivity (Wildman–Crippen MR) is 75.1 cm³/mol. The van der Waals surface area contributed by atoms with E-state index in [1.165, 1.54) is 0 Å². The molecule has 106 valence electrons. The standard InChI is InChI=1S/C15H23NO3/c1-5-18-15(17)12(4)16-10-13-7-6-8-14(9-13)19-11(2)3/h6-9,11-12,16H,5,10H2,1-4H3. The maximum atomic E-state index is 11.5. The van der Waals surface area contributed by atoms with Gasteiger partial charge in [-0.05, 0) is 45.4 Å². The topological polar surface area (TPSA) is 47.6 Å². The molecule has 0 aliphatic carbocycles. The van der Waals surface area contributed by atoms with E-state index in [1.807, 2.05) is 38.1 Å². The fourth-order valence-corrected chi connectivity index (χ4v) is 1.62. The first kappa shape index (κ1) is 15.5. The van der Waals surface area contributed by atoms with Gasteiger partial charge in [0, 0.05) is 6.54 Å². The van der Waals surface area contributed by atoms with Crippen LogP contribution in [-0.4, -0.2) is 24.7 Å². The maximum absolute atomic E-state index is 11.5. The van der Waals surface area contributed by atoms with E-state index in [9.17, 15) is 4.79 Å². The highest BCUT2D eigenvalue weighted by molar-refractivity contribution is 5.75. The molecule has 1 N–H and O–H groups in total. The minimum absolute atomic E-state index is 0.154. The summed E-state index contributed by atoms with van der Waals surface area (Å²) in [6.45, 7) is 8.60. The minimum atomic E-state index is -0.311. The molecule has 0 fully saturated rings. The van der Waals surface area contributed by atoms with E-state index in [1.54, 1.807) is 13.8 Å². The lowest BCUT2D eigenvalue weighted by Gasteiger charge is -2.14. The van der Waals surface area contributed by atoms with E-state index in [4.69, 9.17) is 9.47 Å². The molecule has 0 saturated carbocycles. The van der Waals surface area contributed by atoms with E-state index < -0.39 is 0 Å². The van der Waals surface area contributed by atoms with Crippen LogP contribution in [0.3, 0.4) is 0 Å². The van der Waals surface area contributed by atoms with Crippen molar-refractivity contribution in [3.05, 3.63) is 29.8 Å². The average Bonchev–Trinajstić information content (AvgIpc) is 2.36. The first-order chi connectivity index (χ1) is 9.02. The summed E-state index contributed by atoms with van der Waals surface area (Å²) in [7, 11) is 0. The van der Waals surface area contributed by atoms with Gasteiger partial charge in [-0.25, -0.2) is 0 Å². The zero-order valence-corrected chi connectivity index (χ0v) is 12.1. The molecule has 4 nitrogen and oxygen atoms in total. The van der Waals surface area contributed by atoms with Crippen LogP contribution in [0.4, 0.5) is 0 Å². The van der Waals surface area contributed by atoms with Crippen LogP contribution in [0, 0.1) is 0 Å². The third-order valence-corrected chi connectivity index (χ3v) is 2.52. The second-order valence-electron chi connectivity index (χ2n) is 4.67. The lowest BCUT2D eigenvalue weighted by atomic mass is 10.2. The molecule has 1 unspecified atom stereocenters. The zero-order chi connectivity index (χ0) is 14.3. The van der Waals surface area contributed by atoms with Gasteiger partial charge in [-0.3, -0.25) is 4.79 Å². The predicted octanol–water partition coefficient (Wildman–Crippen LogP) is 2.52. The van der Waals surface area contributed by atoms with Crippen LogP contribution in [0.15, 0.2) is 24.3 Å². The van der Waals surface area contributed by atoms with Gasteiger partial charge in [-0.1, -0.05) is 12.1 Å². The lowest BCUT2D eigenvalue weighted by Crippen LogP contribution is -2.34. The van der Waals surface area contributed by atoms with E-state index in [0.29, 0.717) is 13.2 Å². The van der Waals surface area contributed by atoms with E-state index in [0.717, 1.165) is 11.3 Å². The Morgan fingerprint density at radius 2 is 2.05 bits per heavy atom. The Hall–Kier alpha value is -1.55. The van der Waals surface area contributed by atoms with E-state index in [-0.39, 0.29) is 18.1 Å². The molecule has 1 aromatic carbocycles. The van der Waals surface area contributed by atoms with Gasteiger partial charge in [-0.15, -0.1) is 0 Å². The number of carbonyl (C=O) groups excluding carboxylic acids is 1. The normalized spacial score (nSPS) is 12.3. The zero-order valence-electron chi connectivity index (χ0n) is 12.1. The molecule has 0 bridgehead atoms. The van der Waals surface area contributed by atoms with Crippen molar-refractivity contribution in [1.82, 2.24) is 5.32 Å². The molecule has 19 heavy (non-hydrogen) atoms. The van der Waals surface area contributed by atoms with Gasteiger partial charge in [0.25, 0.3) is 0 Å². The molecule has 0 heterocycles. The summed E-state index contributed by atoms with van der Waals surface area (Å²) >= 11 is 0. The molecule has 0 saturated heterocycles. The summed E-state index contributed by atoms with van der Waals surface area (Å²) in [5, 5.41) is 3.13. The van der Waals surface area contributed by atoms with Gasteiger partial charge in [0.2, 0.25) is 0 Å². The third kappa shape index (κ3) is 5.75. The number of benzene rings is 1. The SMILES string of the molecule is CCOC(=O)C(C)NCc1cccc(OC(C)C)c1. The van der Waals surface area contributed by atoms with Crippen LogP contribution < -0.4 is 10.1 Å². The fraction of sp³-hybridized carbons (Fsp3) is 0.533. The number of ether oxygens (including phenoxy) is 2.